The number of aryl methyl sites for hydroxylation is 1. The van der Waals surface area contributed by atoms with Crippen molar-refractivity contribution in [3.05, 3.63) is 35.2 Å². The quantitative estimate of drug-likeness (QED) is 0.603. The van der Waals surface area contributed by atoms with Crippen LogP contribution in [0.4, 0.5) is 0 Å². The molecule has 0 unspecified atom stereocenters. The molecule has 3 aromatic rings. The summed E-state index contributed by atoms with van der Waals surface area (Å²) >= 11 is 0. The topological polar surface area (TPSA) is 128 Å². The van der Waals surface area contributed by atoms with Gasteiger partial charge in [0.15, 0.2) is 11.3 Å². The second-order valence-corrected chi connectivity index (χ2v) is 7.28. The van der Waals surface area contributed by atoms with Crippen molar-refractivity contribution in [1.82, 2.24) is 35.0 Å². The number of hydrogen-bond acceptors (Lipinski definition) is 8. The maximum Gasteiger partial charge on any atom is 0.274 e. The van der Waals surface area contributed by atoms with Crippen molar-refractivity contribution in [3.8, 4) is 5.88 Å². The molecule has 3 heterocycles. The zero-order chi connectivity index (χ0) is 20.6. The van der Waals surface area contributed by atoms with Gasteiger partial charge in [-0.3, -0.25) is 4.79 Å². The summed E-state index contributed by atoms with van der Waals surface area (Å²) in [7, 11) is 0. The van der Waals surface area contributed by atoms with Gasteiger partial charge in [0.1, 0.15) is 11.8 Å². The fraction of sp³-hybridized carbons (Fsp3) is 0.474. The Hall–Kier alpha value is -3.14. The Kier molecular flexibility index (Phi) is 4.87. The lowest BCUT2D eigenvalue weighted by Crippen LogP contribution is -2.33. The van der Waals surface area contributed by atoms with Crippen LogP contribution in [0.25, 0.3) is 11.2 Å². The predicted octanol–water partition coefficient (Wildman–Crippen LogP) is 0.935. The van der Waals surface area contributed by atoms with E-state index in [1.165, 1.54) is 6.33 Å². The molecule has 2 N–H and O–H groups in total. The molecule has 1 amide bonds. The third kappa shape index (κ3) is 3.88. The second-order valence-electron chi connectivity index (χ2n) is 7.28. The van der Waals surface area contributed by atoms with Gasteiger partial charge in [0.2, 0.25) is 5.88 Å². The Labute approximate surface area is 167 Å². The van der Waals surface area contributed by atoms with Crippen molar-refractivity contribution in [1.29, 1.82) is 0 Å². The van der Waals surface area contributed by atoms with Crippen molar-refractivity contribution in [2.75, 3.05) is 13.2 Å². The maximum absolute atomic E-state index is 12.7. The first-order valence-electron chi connectivity index (χ1n) is 9.54. The third-order valence-electron chi connectivity index (χ3n) is 4.91. The molecule has 4 rings (SSSR count). The molecule has 0 radical (unpaired) electrons. The number of aliphatic hydroxyl groups is 1. The number of carbonyl (C=O) groups excluding carboxylic acids is 1. The summed E-state index contributed by atoms with van der Waals surface area (Å²) in [6.07, 6.45) is 4.43. The molecule has 0 aliphatic heterocycles. The number of nitrogens with one attached hydrogen (secondary N) is 1. The fourth-order valence-corrected chi connectivity index (χ4v) is 2.99. The smallest absolute Gasteiger partial charge is 0.274 e. The van der Waals surface area contributed by atoms with Crippen LogP contribution < -0.4 is 10.1 Å². The van der Waals surface area contributed by atoms with Gasteiger partial charge in [-0.05, 0) is 33.6 Å². The molecule has 1 aliphatic rings. The molecule has 3 aromatic heterocycles. The van der Waals surface area contributed by atoms with Crippen LogP contribution in [0.1, 0.15) is 47.2 Å². The van der Waals surface area contributed by atoms with Gasteiger partial charge < -0.3 is 15.2 Å². The van der Waals surface area contributed by atoms with Crippen LogP contribution in [0.2, 0.25) is 0 Å². The van der Waals surface area contributed by atoms with Gasteiger partial charge in [-0.25, -0.2) is 24.6 Å². The third-order valence-corrected chi connectivity index (χ3v) is 4.91. The number of amides is 1. The summed E-state index contributed by atoms with van der Waals surface area (Å²) in [5, 5.41) is 17.2. The van der Waals surface area contributed by atoms with E-state index in [1.807, 2.05) is 20.8 Å². The van der Waals surface area contributed by atoms with Crippen LogP contribution >= 0.6 is 0 Å². The van der Waals surface area contributed by atoms with Crippen molar-refractivity contribution >= 4 is 17.1 Å². The number of rotatable bonds is 7. The maximum atomic E-state index is 12.7. The lowest BCUT2D eigenvalue weighted by Gasteiger charge is -2.10. The average molecular weight is 397 g/mol. The highest BCUT2D eigenvalue weighted by Gasteiger charge is 2.40. The van der Waals surface area contributed by atoms with Crippen LogP contribution in [-0.2, 0) is 6.54 Å². The highest BCUT2D eigenvalue weighted by atomic mass is 16.5. The molecule has 1 saturated carbocycles. The average Bonchev–Trinajstić information content (AvgIpc) is 3.34. The summed E-state index contributed by atoms with van der Waals surface area (Å²) < 4.78 is 7.15. The monoisotopic (exact) mass is 397 g/mol. The number of hydrogen-bond donors (Lipinski definition) is 2. The Morgan fingerprint density at radius 3 is 2.83 bits per heavy atom. The molecule has 10 nitrogen and oxygen atoms in total. The minimum absolute atomic E-state index is 0.175. The van der Waals surface area contributed by atoms with Crippen LogP contribution in [0.3, 0.4) is 0 Å². The van der Waals surface area contributed by atoms with Crippen LogP contribution in [0, 0.1) is 13.8 Å². The number of fused-ring (bicyclic) bond motifs is 1. The zero-order valence-corrected chi connectivity index (χ0v) is 16.6. The summed E-state index contributed by atoms with van der Waals surface area (Å²) in [6, 6.07) is 0. The highest BCUT2D eigenvalue weighted by Crippen LogP contribution is 2.34. The van der Waals surface area contributed by atoms with E-state index < -0.39 is 5.60 Å². The summed E-state index contributed by atoms with van der Waals surface area (Å²) in [4.78, 5) is 30.1. The first-order chi connectivity index (χ1) is 13.9. The molecule has 10 heteroatoms. The van der Waals surface area contributed by atoms with E-state index >= 15 is 0 Å². The largest absolute Gasteiger partial charge is 0.478 e. The number of aromatic nitrogens is 6. The number of ether oxygens (including phenoxy) is 1. The zero-order valence-electron chi connectivity index (χ0n) is 16.6. The standard InChI is InChI=1S/C19H23N7O3/c1-4-29-18-12(3)13(22-10-23-18)8-26-16-14(20-7-11(2)24-16)15(25-26)17(27)21-9-19(28)5-6-19/h7,10,28H,4-6,8-9H2,1-3H3,(H,21,27). The molecule has 29 heavy (non-hydrogen) atoms. The van der Waals surface area contributed by atoms with E-state index in [4.69, 9.17) is 4.74 Å². The van der Waals surface area contributed by atoms with Gasteiger partial charge in [-0.2, -0.15) is 5.10 Å². The van der Waals surface area contributed by atoms with Gasteiger partial charge in [-0.1, -0.05) is 0 Å². The summed E-state index contributed by atoms with van der Waals surface area (Å²) in [5.41, 5.74) is 2.53. The van der Waals surface area contributed by atoms with E-state index in [0.29, 0.717) is 48.7 Å². The molecule has 0 bridgehead atoms. The van der Waals surface area contributed by atoms with Gasteiger partial charge in [0.25, 0.3) is 5.91 Å². The summed E-state index contributed by atoms with van der Waals surface area (Å²) in [6.45, 7) is 6.59. The molecular formula is C19H23N7O3. The number of nitrogens with zero attached hydrogens (tertiary/aromatic N) is 6. The summed E-state index contributed by atoms with van der Waals surface area (Å²) in [5.74, 6) is 0.133. The first-order valence-corrected chi connectivity index (χ1v) is 9.54. The minimum Gasteiger partial charge on any atom is -0.478 e. The minimum atomic E-state index is -0.788. The lowest BCUT2D eigenvalue weighted by atomic mass is 10.2. The Bertz CT molecular complexity index is 1080. The van der Waals surface area contributed by atoms with E-state index in [2.05, 4.69) is 30.4 Å². The first kappa shape index (κ1) is 19.2. The van der Waals surface area contributed by atoms with Crippen molar-refractivity contribution < 1.29 is 14.6 Å². The van der Waals surface area contributed by atoms with Gasteiger partial charge in [0, 0.05) is 18.3 Å². The van der Waals surface area contributed by atoms with Crippen molar-refractivity contribution in [3.63, 3.8) is 0 Å². The molecular weight excluding hydrogens is 374 g/mol. The van der Waals surface area contributed by atoms with Crippen LogP contribution in [0.15, 0.2) is 12.5 Å². The lowest BCUT2D eigenvalue weighted by molar-refractivity contribution is 0.0892. The molecule has 152 valence electrons. The van der Waals surface area contributed by atoms with Gasteiger partial charge in [-0.15, -0.1) is 0 Å². The van der Waals surface area contributed by atoms with Gasteiger partial charge >= 0.3 is 0 Å². The van der Waals surface area contributed by atoms with E-state index in [0.717, 1.165) is 11.3 Å². The fourth-order valence-electron chi connectivity index (χ4n) is 2.99. The van der Waals surface area contributed by atoms with Gasteiger partial charge in [0.05, 0.1) is 30.1 Å². The SMILES string of the molecule is CCOc1ncnc(Cn2nc(C(=O)NCC3(O)CC3)c3ncc(C)nc32)c1C. The molecule has 1 fully saturated rings. The van der Waals surface area contributed by atoms with Crippen LogP contribution in [0.5, 0.6) is 5.88 Å². The molecule has 0 aromatic carbocycles. The Balaban J connectivity index is 1.68. The molecule has 0 spiro atoms. The van der Waals surface area contributed by atoms with Crippen molar-refractivity contribution in [2.24, 2.45) is 0 Å². The van der Waals surface area contributed by atoms with E-state index in [-0.39, 0.29) is 18.1 Å². The van der Waals surface area contributed by atoms with Crippen molar-refractivity contribution in [2.45, 2.75) is 45.8 Å². The Morgan fingerprint density at radius 1 is 1.31 bits per heavy atom. The molecule has 1 aliphatic carbocycles. The Morgan fingerprint density at radius 2 is 2.10 bits per heavy atom. The predicted molar refractivity (Wildman–Crippen MR) is 104 cm³/mol. The molecule has 0 atom stereocenters. The van der Waals surface area contributed by atoms with Crippen LogP contribution in [-0.4, -0.2) is 59.5 Å². The molecule has 0 saturated heterocycles. The highest BCUT2D eigenvalue weighted by molar-refractivity contribution is 6.02. The second kappa shape index (κ2) is 7.36. The van der Waals surface area contributed by atoms with E-state index in [1.54, 1.807) is 10.9 Å². The number of carbonyl (C=O) groups is 1. The van der Waals surface area contributed by atoms with E-state index in [9.17, 15) is 9.90 Å². The normalized spacial score (nSPS) is 14.8.